The third-order valence-electron chi connectivity index (χ3n) is 2.23. The van der Waals surface area contributed by atoms with Gasteiger partial charge < -0.3 is 0 Å². The minimum atomic E-state index is -3.78. The Balaban J connectivity index is 2.38. The summed E-state index contributed by atoms with van der Waals surface area (Å²) in [7, 11) is -3.78. The standard InChI is InChI=1S/C9H9ClN4O2S2/c1-6(4-11)5-12-18(15,16)8-7(10)13-9-14(8)2-3-17-9/h2-3,6,12H,5H2,1H3. The van der Waals surface area contributed by atoms with E-state index in [1.807, 2.05) is 6.07 Å². The summed E-state index contributed by atoms with van der Waals surface area (Å²) in [6, 6.07) is 1.95. The highest BCUT2D eigenvalue weighted by Gasteiger charge is 2.25. The van der Waals surface area contributed by atoms with Crippen LogP contribution in [0.15, 0.2) is 16.6 Å². The molecule has 18 heavy (non-hydrogen) atoms. The molecule has 0 spiro atoms. The average Bonchev–Trinajstić information content (AvgIpc) is 2.84. The summed E-state index contributed by atoms with van der Waals surface area (Å²) in [6.07, 6.45) is 1.58. The fraction of sp³-hybridized carbons (Fsp3) is 0.333. The molecule has 0 saturated heterocycles. The molecular weight excluding hydrogens is 296 g/mol. The van der Waals surface area contributed by atoms with Crippen molar-refractivity contribution in [1.82, 2.24) is 14.1 Å². The topological polar surface area (TPSA) is 87.3 Å². The largest absolute Gasteiger partial charge is 0.279 e. The van der Waals surface area contributed by atoms with Crippen LogP contribution in [0.25, 0.3) is 4.96 Å². The third-order valence-corrected chi connectivity index (χ3v) is 4.81. The van der Waals surface area contributed by atoms with E-state index in [9.17, 15) is 8.42 Å². The number of nitrogens with zero attached hydrogens (tertiary/aromatic N) is 3. The van der Waals surface area contributed by atoms with Gasteiger partial charge in [-0.3, -0.25) is 4.40 Å². The zero-order valence-corrected chi connectivity index (χ0v) is 11.7. The molecule has 9 heteroatoms. The smallest absolute Gasteiger partial charge is 0.259 e. The number of sulfonamides is 1. The van der Waals surface area contributed by atoms with Crippen LogP contribution in [0.3, 0.4) is 0 Å². The minimum Gasteiger partial charge on any atom is -0.279 e. The Labute approximate surface area is 113 Å². The lowest BCUT2D eigenvalue weighted by atomic mass is 10.2. The molecule has 2 rings (SSSR count). The molecule has 1 unspecified atom stereocenters. The van der Waals surface area contributed by atoms with Gasteiger partial charge in [0.05, 0.1) is 12.0 Å². The van der Waals surface area contributed by atoms with Gasteiger partial charge in [0.2, 0.25) is 0 Å². The fourth-order valence-electron chi connectivity index (χ4n) is 1.33. The molecule has 1 N–H and O–H groups in total. The van der Waals surface area contributed by atoms with Gasteiger partial charge in [0.25, 0.3) is 10.0 Å². The van der Waals surface area contributed by atoms with E-state index in [4.69, 9.17) is 16.9 Å². The number of halogens is 1. The molecule has 0 aliphatic rings. The molecule has 96 valence electrons. The van der Waals surface area contributed by atoms with Gasteiger partial charge in [-0.15, -0.1) is 11.3 Å². The Bertz CT molecular complexity index is 713. The van der Waals surface area contributed by atoms with E-state index in [2.05, 4.69) is 9.71 Å². The highest BCUT2D eigenvalue weighted by atomic mass is 35.5. The first-order valence-electron chi connectivity index (χ1n) is 4.96. The summed E-state index contributed by atoms with van der Waals surface area (Å²) < 4.78 is 27.9. The predicted molar refractivity (Wildman–Crippen MR) is 68.0 cm³/mol. The zero-order chi connectivity index (χ0) is 13.3. The van der Waals surface area contributed by atoms with Crippen LogP contribution >= 0.6 is 22.9 Å². The Hall–Kier alpha value is -1.14. The molecule has 0 radical (unpaired) electrons. The van der Waals surface area contributed by atoms with E-state index < -0.39 is 15.9 Å². The van der Waals surface area contributed by atoms with Crippen molar-refractivity contribution in [2.45, 2.75) is 11.9 Å². The number of aromatic nitrogens is 2. The maximum Gasteiger partial charge on any atom is 0.259 e. The molecule has 2 aromatic heterocycles. The summed E-state index contributed by atoms with van der Waals surface area (Å²) in [4.78, 5) is 4.46. The number of fused-ring (bicyclic) bond motifs is 1. The van der Waals surface area contributed by atoms with Crippen LogP contribution in [0.2, 0.25) is 5.15 Å². The first-order chi connectivity index (χ1) is 8.45. The van der Waals surface area contributed by atoms with E-state index in [1.54, 1.807) is 18.5 Å². The van der Waals surface area contributed by atoms with Crippen LogP contribution in [0.5, 0.6) is 0 Å². The van der Waals surface area contributed by atoms with Gasteiger partial charge in [-0.25, -0.2) is 18.1 Å². The maximum absolute atomic E-state index is 12.1. The Morgan fingerprint density at radius 2 is 2.44 bits per heavy atom. The lowest BCUT2D eigenvalue weighted by Crippen LogP contribution is -2.29. The number of rotatable bonds is 4. The number of hydrogen-bond donors (Lipinski definition) is 1. The van der Waals surface area contributed by atoms with Crippen LogP contribution in [0, 0.1) is 17.2 Å². The molecule has 0 aromatic carbocycles. The quantitative estimate of drug-likeness (QED) is 0.927. The third kappa shape index (κ3) is 2.35. The predicted octanol–water partition coefficient (Wildman–Crippen LogP) is 1.49. The van der Waals surface area contributed by atoms with Crippen LogP contribution < -0.4 is 4.72 Å². The van der Waals surface area contributed by atoms with E-state index in [1.165, 1.54) is 15.7 Å². The van der Waals surface area contributed by atoms with Gasteiger partial charge in [-0.2, -0.15) is 5.26 Å². The van der Waals surface area contributed by atoms with E-state index >= 15 is 0 Å². The lowest BCUT2D eigenvalue weighted by Gasteiger charge is -2.06. The summed E-state index contributed by atoms with van der Waals surface area (Å²) in [6.45, 7) is 1.66. The monoisotopic (exact) mass is 304 g/mol. The highest BCUT2D eigenvalue weighted by Crippen LogP contribution is 2.25. The molecular formula is C9H9ClN4O2S2. The molecule has 0 aliphatic carbocycles. The summed E-state index contributed by atoms with van der Waals surface area (Å²) in [5, 5.41) is 10.2. The summed E-state index contributed by atoms with van der Waals surface area (Å²) in [5.41, 5.74) is 0. The van der Waals surface area contributed by atoms with Crippen molar-refractivity contribution in [2.75, 3.05) is 6.54 Å². The molecule has 6 nitrogen and oxygen atoms in total. The Kier molecular flexibility index (Phi) is 3.59. The minimum absolute atomic E-state index is 0.0343. The van der Waals surface area contributed by atoms with E-state index in [0.29, 0.717) is 4.96 Å². The van der Waals surface area contributed by atoms with Crippen LogP contribution in [-0.2, 0) is 10.0 Å². The Morgan fingerprint density at radius 3 is 3.11 bits per heavy atom. The van der Waals surface area contributed by atoms with Crippen molar-refractivity contribution in [3.05, 3.63) is 16.7 Å². The zero-order valence-electron chi connectivity index (χ0n) is 9.29. The van der Waals surface area contributed by atoms with Gasteiger partial charge in [0, 0.05) is 18.1 Å². The van der Waals surface area contributed by atoms with Crippen molar-refractivity contribution in [1.29, 1.82) is 5.26 Å². The molecule has 0 amide bonds. The van der Waals surface area contributed by atoms with Crippen molar-refractivity contribution < 1.29 is 8.42 Å². The Morgan fingerprint density at radius 1 is 1.72 bits per heavy atom. The fourth-order valence-corrected chi connectivity index (χ4v) is 3.91. The van der Waals surface area contributed by atoms with Crippen molar-refractivity contribution in [3.8, 4) is 6.07 Å². The van der Waals surface area contributed by atoms with Crippen LogP contribution in [0.1, 0.15) is 6.92 Å². The second-order valence-electron chi connectivity index (χ2n) is 3.65. The van der Waals surface area contributed by atoms with Gasteiger partial charge in [-0.05, 0) is 6.92 Å². The van der Waals surface area contributed by atoms with E-state index in [-0.39, 0.29) is 16.7 Å². The molecule has 0 bridgehead atoms. The number of imidazole rings is 1. The van der Waals surface area contributed by atoms with Crippen LogP contribution in [-0.4, -0.2) is 24.3 Å². The van der Waals surface area contributed by atoms with E-state index in [0.717, 1.165) is 0 Å². The van der Waals surface area contributed by atoms with Gasteiger partial charge in [0.15, 0.2) is 15.1 Å². The number of nitriles is 1. The second-order valence-corrected chi connectivity index (χ2v) is 6.56. The molecule has 0 fully saturated rings. The molecule has 2 heterocycles. The number of thiazole rings is 1. The van der Waals surface area contributed by atoms with Gasteiger partial charge in [0.1, 0.15) is 0 Å². The molecule has 1 atom stereocenters. The second kappa shape index (κ2) is 4.85. The maximum atomic E-state index is 12.1. The average molecular weight is 305 g/mol. The van der Waals surface area contributed by atoms with Gasteiger partial charge in [-0.1, -0.05) is 11.6 Å². The van der Waals surface area contributed by atoms with Crippen LogP contribution in [0.4, 0.5) is 0 Å². The normalized spacial score (nSPS) is 13.6. The SMILES string of the molecule is CC(C#N)CNS(=O)(=O)c1c(Cl)nc2sccn12. The number of hydrogen-bond acceptors (Lipinski definition) is 5. The first-order valence-corrected chi connectivity index (χ1v) is 7.70. The van der Waals surface area contributed by atoms with Crippen molar-refractivity contribution >= 4 is 37.9 Å². The number of nitrogens with one attached hydrogen (secondary N) is 1. The first kappa shape index (κ1) is 13.3. The van der Waals surface area contributed by atoms with Gasteiger partial charge >= 0.3 is 0 Å². The molecule has 2 aromatic rings. The summed E-state index contributed by atoms with van der Waals surface area (Å²) in [5.74, 6) is -0.413. The highest BCUT2D eigenvalue weighted by molar-refractivity contribution is 7.89. The van der Waals surface area contributed by atoms with Crippen molar-refractivity contribution in [2.24, 2.45) is 5.92 Å². The molecule has 0 aliphatic heterocycles. The summed E-state index contributed by atoms with van der Waals surface area (Å²) >= 11 is 7.12. The van der Waals surface area contributed by atoms with Crippen molar-refractivity contribution in [3.63, 3.8) is 0 Å². The molecule has 0 saturated carbocycles. The lowest BCUT2D eigenvalue weighted by molar-refractivity contribution is 0.568.